The maximum Gasteiger partial charge on any atom is 0.343 e. The Morgan fingerprint density at radius 3 is 2.39 bits per heavy atom. The summed E-state index contributed by atoms with van der Waals surface area (Å²) in [4.78, 5) is 47.7. The van der Waals surface area contributed by atoms with E-state index in [0.717, 1.165) is 0 Å². The molecule has 0 saturated carbocycles. The zero-order chi connectivity index (χ0) is 23.2. The first-order chi connectivity index (χ1) is 14.3. The van der Waals surface area contributed by atoms with Crippen LogP contribution in [0.3, 0.4) is 0 Å². The lowest BCUT2D eigenvalue weighted by Crippen LogP contribution is -2.57. The van der Waals surface area contributed by atoms with E-state index in [2.05, 4.69) is 0 Å². The molecular formula is C21H26O10. The molecule has 0 aromatic rings. The molecule has 3 aliphatic heterocycles. The molecular weight excluding hydrogens is 412 g/mol. The quantitative estimate of drug-likeness (QED) is 0.504. The van der Waals surface area contributed by atoms with Gasteiger partial charge in [-0.1, -0.05) is 0 Å². The number of aliphatic hydroxyl groups is 1. The molecule has 0 radical (unpaired) electrons. The van der Waals surface area contributed by atoms with Gasteiger partial charge in [0, 0.05) is 39.2 Å². The number of ether oxygens (including phenoxy) is 5. The Hall–Kier alpha value is -2.72. The molecule has 3 heterocycles. The maximum absolute atomic E-state index is 12.6. The van der Waals surface area contributed by atoms with E-state index in [-0.39, 0.29) is 29.7 Å². The molecule has 1 fully saturated rings. The smallest absolute Gasteiger partial charge is 0.343 e. The molecule has 3 aliphatic rings. The van der Waals surface area contributed by atoms with Gasteiger partial charge in [0.05, 0.1) is 11.2 Å². The Balaban J connectivity index is 2.21. The second-order valence-electron chi connectivity index (χ2n) is 8.40. The predicted molar refractivity (Wildman–Crippen MR) is 102 cm³/mol. The van der Waals surface area contributed by atoms with Gasteiger partial charge in [-0.2, -0.15) is 0 Å². The number of fused-ring (bicyclic) bond motifs is 3. The molecule has 2 bridgehead atoms. The zero-order valence-electron chi connectivity index (χ0n) is 18.1. The highest BCUT2D eigenvalue weighted by atomic mass is 16.7. The summed E-state index contributed by atoms with van der Waals surface area (Å²) in [6, 6.07) is 0. The Morgan fingerprint density at radius 1 is 1.13 bits per heavy atom. The van der Waals surface area contributed by atoms with E-state index in [1.807, 2.05) is 0 Å². The predicted octanol–water partition coefficient (Wildman–Crippen LogP) is 1.20. The molecule has 10 nitrogen and oxygen atoms in total. The largest absolute Gasteiger partial charge is 0.461 e. The lowest BCUT2D eigenvalue weighted by atomic mass is 9.82. The number of carbonyl (C=O) groups excluding carboxylic acids is 4. The Kier molecular flexibility index (Phi) is 5.74. The van der Waals surface area contributed by atoms with Gasteiger partial charge in [0.15, 0.2) is 5.60 Å². The molecule has 1 N–H and O–H groups in total. The van der Waals surface area contributed by atoms with Crippen LogP contribution in [0.1, 0.15) is 53.9 Å². The Labute approximate surface area is 179 Å². The van der Waals surface area contributed by atoms with E-state index < -0.39 is 53.6 Å². The Morgan fingerprint density at radius 2 is 1.81 bits per heavy atom. The minimum Gasteiger partial charge on any atom is -0.461 e. The summed E-state index contributed by atoms with van der Waals surface area (Å²) in [5.74, 6) is -4.52. The molecule has 4 atom stereocenters. The third kappa shape index (κ3) is 4.35. The minimum absolute atomic E-state index is 0.00811. The van der Waals surface area contributed by atoms with E-state index >= 15 is 0 Å². The monoisotopic (exact) mass is 438 g/mol. The van der Waals surface area contributed by atoms with Crippen LogP contribution in [0.5, 0.6) is 0 Å². The average molecular weight is 438 g/mol. The summed E-state index contributed by atoms with van der Waals surface area (Å²) >= 11 is 0. The molecule has 0 amide bonds. The van der Waals surface area contributed by atoms with Gasteiger partial charge in [-0.15, -0.1) is 0 Å². The summed E-state index contributed by atoms with van der Waals surface area (Å²) in [5, 5.41) is 11.3. The fourth-order valence-electron chi connectivity index (χ4n) is 4.26. The van der Waals surface area contributed by atoms with Crippen molar-refractivity contribution in [2.24, 2.45) is 0 Å². The standard InChI is InChI=1S/C21H26O10/c1-11(22)27-10-14-17-15(29-18(14)25)8-19(4)6-7-21(26,31-19)20(5,30-13(3)24)9-16(17)28-12(2)23/h8,16,26H,6-7,9-10H2,1-5H3/b15-8+/t16-,19+,20+,21-/m0/s1. The van der Waals surface area contributed by atoms with E-state index in [0.29, 0.717) is 6.42 Å². The highest BCUT2D eigenvalue weighted by Crippen LogP contribution is 2.50. The molecule has 3 rings (SSSR count). The van der Waals surface area contributed by atoms with Crippen molar-refractivity contribution < 1.29 is 48.0 Å². The van der Waals surface area contributed by atoms with Crippen LogP contribution < -0.4 is 0 Å². The first kappa shape index (κ1) is 23.0. The van der Waals surface area contributed by atoms with Crippen molar-refractivity contribution in [3.8, 4) is 0 Å². The van der Waals surface area contributed by atoms with Gasteiger partial charge >= 0.3 is 23.9 Å². The molecule has 1 saturated heterocycles. The molecule has 0 unspecified atom stereocenters. The van der Waals surface area contributed by atoms with Crippen LogP contribution in [-0.2, 0) is 42.9 Å². The fraction of sp³-hybridized carbons (Fsp3) is 0.619. The molecule has 0 aromatic carbocycles. The van der Waals surface area contributed by atoms with Crippen molar-refractivity contribution in [2.45, 2.75) is 77.0 Å². The van der Waals surface area contributed by atoms with Crippen LogP contribution >= 0.6 is 0 Å². The molecule has 170 valence electrons. The highest BCUT2D eigenvalue weighted by molar-refractivity contribution is 5.95. The third-order valence-electron chi connectivity index (χ3n) is 5.66. The lowest BCUT2D eigenvalue weighted by Gasteiger charge is -2.42. The normalized spacial score (nSPS) is 36.3. The molecule has 0 spiro atoms. The van der Waals surface area contributed by atoms with Gasteiger partial charge in [0.2, 0.25) is 5.79 Å². The summed E-state index contributed by atoms with van der Waals surface area (Å²) in [6.07, 6.45) is 0.602. The van der Waals surface area contributed by atoms with Gasteiger partial charge < -0.3 is 28.8 Å². The first-order valence-corrected chi connectivity index (χ1v) is 9.89. The van der Waals surface area contributed by atoms with Crippen LogP contribution in [0.2, 0.25) is 0 Å². The fourth-order valence-corrected chi connectivity index (χ4v) is 4.26. The minimum atomic E-state index is -1.89. The van der Waals surface area contributed by atoms with Gasteiger partial charge in [-0.05, 0) is 26.3 Å². The van der Waals surface area contributed by atoms with Crippen LogP contribution in [0.4, 0.5) is 0 Å². The van der Waals surface area contributed by atoms with E-state index in [1.165, 1.54) is 33.8 Å². The summed E-state index contributed by atoms with van der Waals surface area (Å²) in [5.41, 5.74) is -2.53. The van der Waals surface area contributed by atoms with Crippen molar-refractivity contribution in [1.82, 2.24) is 0 Å². The number of hydrogen-bond acceptors (Lipinski definition) is 10. The van der Waals surface area contributed by atoms with Gasteiger partial charge in [0.25, 0.3) is 0 Å². The lowest BCUT2D eigenvalue weighted by molar-refractivity contribution is -0.302. The van der Waals surface area contributed by atoms with Gasteiger partial charge in [0.1, 0.15) is 18.5 Å². The molecule has 10 heteroatoms. The van der Waals surface area contributed by atoms with Crippen molar-refractivity contribution >= 4 is 23.9 Å². The van der Waals surface area contributed by atoms with Gasteiger partial charge in [-0.25, -0.2) is 4.79 Å². The van der Waals surface area contributed by atoms with Crippen molar-refractivity contribution in [3.05, 3.63) is 23.0 Å². The summed E-state index contributed by atoms with van der Waals surface area (Å²) in [7, 11) is 0. The number of esters is 4. The van der Waals surface area contributed by atoms with Crippen LogP contribution in [-0.4, -0.2) is 58.7 Å². The van der Waals surface area contributed by atoms with Crippen LogP contribution in [0.25, 0.3) is 0 Å². The van der Waals surface area contributed by atoms with Gasteiger partial charge in [-0.3, -0.25) is 14.4 Å². The van der Waals surface area contributed by atoms with E-state index in [4.69, 9.17) is 23.7 Å². The number of rotatable bonds is 4. The SMILES string of the molecule is CC(=O)OCC1=C2/C(=C\[C@@]3(C)CC[C@](O)(O3)[C@](C)(OC(C)=O)C[C@@H]2OC(C)=O)OC1=O. The number of hydrogen-bond donors (Lipinski definition) is 1. The van der Waals surface area contributed by atoms with Crippen molar-refractivity contribution in [1.29, 1.82) is 0 Å². The molecule has 31 heavy (non-hydrogen) atoms. The molecule has 0 aromatic heterocycles. The second kappa shape index (κ2) is 7.76. The third-order valence-corrected chi connectivity index (χ3v) is 5.66. The molecule has 0 aliphatic carbocycles. The summed E-state index contributed by atoms with van der Waals surface area (Å²) in [6.45, 7) is 6.33. The van der Waals surface area contributed by atoms with Crippen molar-refractivity contribution in [2.75, 3.05) is 6.61 Å². The highest BCUT2D eigenvalue weighted by Gasteiger charge is 2.61. The number of carbonyl (C=O) groups is 4. The average Bonchev–Trinajstić information content (AvgIpc) is 3.08. The second-order valence-corrected chi connectivity index (χ2v) is 8.40. The topological polar surface area (TPSA) is 135 Å². The zero-order valence-corrected chi connectivity index (χ0v) is 18.1. The van der Waals surface area contributed by atoms with Crippen molar-refractivity contribution in [3.63, 3.8) is 0 Å². The van der Waals surface area contributed by atoms with Crippen LogP contribution in [0.15, 0.2) is 23.0 Å². The Bertz CT molecular complexity index is 902. The van der Waals surface area contributed by atoms with Crippen LogP contribution in [0, 0.1) is 0 Å². The first-order valence-electron chi connectivity index (χ1n) is 9.89. The maximum atomic E-state index is 12.6. The van der Waals surface area contributed by atoms with E-state index in [1.54, 1.807) is 6.92 Å². The summed E-state index contributed by atoms with van der Waals surface area (Å²) < 4.78 is 27.3. The van der Waals surface area contributed by atoms with E-state index in [9.17, 15) is 24.3 Å².